The highest BCUT2D eigenvalue weighted by Crippen LogP contribution is 2.36. The summed E-state index contributed by atoms with van der Waals surface area (Å²) in [5, 5.41) is 12.3. The third kappa shape index (κ3) is 3.60. The third-order valence-electron chi connectivity index (χ3n) is 5.17. The van der Waals surface area contributed by atoms with E-state index < -0.39 is 0 Å². The number of hydrazone groups is 1. The number of rotatable bonds is 5. The van der Waals surface area contributed by atoms with Crippen molar-refractivity contribution in [1.82, 2.24) is 19.7 Å². The number of hydrogen-bond donors (Lipinski definition) is 1. The Morgan fingerprint density at radius 2 is 1.71 bits per heavy atom. The van der Waals surface area contributed by atoms with Crippen LogP contribution in [0.1, 0.15) is 17.0 Å². The topological polar surface area (TPSA) is 68.0 Å². The maximum absolute atomic E-state index is 4.68. The fourth-order valence-electron chi connectivity index (χ4n) is 3.61. The average Bonchev–Trinajstić information content (AvgIpc) is 3.37. The lowest BCUT2D eigenvalue weighted by molar-refractivity contribution is 0.833. The Morgan fingerprint density at radius 3 is 2.48 bits per heavy atom. The normalized spacial score (nSPS) is 11.4. The SMILES string of the molecule is Cc1nn(-c2ccccc2)c(C)c1/C=N\Nc1ncnc2scc(-c3ccccc3)c12. The molecule has 6 nitrogen and oxygen atoms in total. The minimum absolute atomic E-state index is 0.687. The molecule has 5 rings (SSSR count). The molecule has 2 aromatic carbocycles. The molecular formula is C24H20N6S. The highest BCUT2D eigenvalue weighted by Gasteiger charge is 2.13. The van der Waals surface area contributed by atoms with Crippen LogP contribution in [0.3, 0.4) is 0 Å². The van der Waals surface area contributed by atoms with Crippen molar-refractivity contribution in [1.29, 1.82) is 0 Å². The van der Waals surface area contributed by atoms with E-state index in [1.54, 1.807) is 23.9 Å². The second-order valence-electron chi connectivity index (χ2n) is 7.12. The molecule has 0 aliphatic heterocycles. The van der Waals surface area contributed by atoms with E-state index >= 15 is 0 Å². The first-order valence-corrected chi connectivity index (χ1v) is 10.8. The summed E-state index contributed by atoms with van der Waals surface area (Å²) in [5.74, 6) is 0.687. The molecule has 0 fully saturated rings. The predicted molar refractivity (Wildman–Crippen MR) is 127 cm³/mol. The van der Waals surface area contributed by atoms with Gasteiger partial charge in [-0.2, -0.15) is 10.2 Å². The standard InChI is InChI=1S/C24H20N6S/c1-16-20(17(2)30(29-16)19-11-7-4-8-12-19)13-27-28-23-22-21(18-9-5-3-6-10-18)14-31-24(22)26-15-25-23/h3-15H,1-2H3,(H,25,26,28)/b27-13-. The molecule has 0 amide bonds. The smallest absolute Gasteiger partial charge is 0.159 e. The van der Waals surface area contributed by atoms with E-state index in [1.165, 1.54) is 0 Å². The molecule has 0 spiro atoms. The first-order chi connectivity index (χ1) is 15.2. The van der Waals surface area contributed by atoms with Crippen LogP contribution in [0.4, 0.5) is 5.82 Å². The quantitative estimate of drug-likeness (QED) is 0.294. The second-order valence-corrected chi connectivity index (χ2v) is 7.98. The molecule has 0 unspecified atom stereocenters. The summed E-state index contributed by atoms with van der Waals surface area (Å²) < 4.78 is 1.94. The van der Waals surface area contributed by atoms with Crippen LogP contribution in [0, 0.1) is 13.8 Å². The highest BCUT2D eigenvalue weighted by atomic mass is 32.1. The Balaban J connectivity index is 1.47. The number of nitrogens with one attached hydrogen (secondary N) is 1. The predicted octanol–water partition coefficient (Wildman–Crippen LogP) is 5.61. The van der Waals surface area contributed by atoms with Crippen molar-refractivity contribution in [2.45, 2.75) is 13.8 Å². The molecule has 0 radical (unpaired) electrons. The zero-order chi connectivity index (χ0) is 21.2. The molecule has 0 aliphatic rings. The number of para-hydroxylation sites is 1. The van der Waals surface area contributed by atoms with Gasteiger partial charge < -0.3 is 0 Å². The van der Waals surface area contributed by atoms with Gasteiger partial charge in [0, 0.05) is 16.5 Å². The Bertz CT molecular complexity index is 1370. The fourth-order valence-corrected chi connectivity index (χ4v) is 4.53. The van der Waals surface area contributed by atoms with Crippen molar-refractivity contribution in [3.05, 3.63) is 89.3 Å². The molecule has 0 saturated heterocycles. The molecule has 3 heterocycles. The van der Waals surface area contributed by atoms with Crippen molar-refractivity contribution < 1.29 is 0 Å². The highest BCUT2D eigenvalue weighted by molar-refractivity contribution is 7.17. The third-order valence-corrected chi connectivity index (χ3v) is 6.05. The monoisotopic (exact) mass is 424 g/mol. The number of aryl methyl sites for hydroxylation is 1. The summed E-state index contributed by atoms with van der Waals surface area (Å²) in [6.45, 7) is 4.03. The molecule has 3 aromatic heterocycles. The van der Waals surface area contributed by atoms with Crippen LogP contribution in [0.5, 0.6) is 0 Å². The van der Waals surface area contributed by atoms with Gasteiger partial charge in [0.2, 0.25) is 0 Å². The van der Waals surface area contributed by atoms with Crippen LogP contribution in [0.15, 0.2) is 77.5 Å². The number of aromatic nitrogens is 4. The van der Waals surface area contributed by atoms with Crippen molar-refractivity contribution >= 4 is 33.6 Å². The summed E-state index contributed by atoms with van der Waals surface area (Å²) in [5.41, 5.74) is 9.31. The molecule has 0 atom stereocenters. The minimum Gasteiger partial charge on any atom is -0.261 e. The fraction of sp³-hybridized carbons (Fsp3) is 0.0833. The largest absolute Gasteiger partial charge is 0.261 e. The van der Waals surface area contributed by atoms with Gasteiger partial charge in [-0.1, -0.05) is 48.5 Å². The van der Waals surface area contributed by atoms with Gasteiger partial charge in [-0.3, -0.25) is 5.43 Å². The summed E-state index contributed by atoms with van der Waals surface area (Å²) in [6.07, 6.45) is 3.37. The van der Waals surface area contributed by atoms with E-state index in [4.69, 9.17) is 0 Å². The van der Waals surface area contributed by atoms with Crippen LogP contribution in [0.25, 0.3) is 27.0 Å². The van der Waals surface area contributed by atoms with E-state index in [9.17, 15) is 0 Å². The van der Waals surface area contributed by atoms with Crippen LogP contribution in [0.2, 0.25) is 0 Å². The molecule has 0 aliphatic carbocycles. The van der Waals surface area contributed by atoms with Gasteiger partial charge in [0.15, 0.2) is 5.82 Å². The Morgan fingerprint density at radius 1 is 0.968 bits per heavy atom. The zero-order valence-electron chi connectivity index (χ0n) is 17.1. The molecule has 0 bridgehead atoms. The van der Waals surface area contributed by atoms with Crippen molar-refractivity contribution in [3.63, 3.8) is 0 Å². The molecule has 7 heteroatoms. The van der Waals surface area contributed by atoms with Gasteiger partial charge in [0.25, 0.3) is 0 Å². The van der Waals surface area contributed by atoms with Gasteiger partial charge >= 0.3 is 0 Å². The number of thiophene rings is 1. The van der Waals surface area contributed by atoms with E-state index in [0.29, 0.717) is 5.82 Å². The maximum atomic E-state index is 4.68. The second kappa shape index (κ2) is 8.12. The average molecular weight is 425 g/mol. The molecule has 1 N–H and O–H groups in total. The van der Waals surface area contributed by atoms with Crippen molar-refractivity contribution in [2.75, 3.05) is 5.43 Å². The molecule has 0 saturated carbocycles. The van der Waals surface area contributed by atoms with Crippen LogP contribution in [-0.4, -0.2) is 26.0 Å². The van der Waals surface area contributed by atoms with Crippen LogP contribution in [-0.2, 0) is 0 Å². The van der Waals surface area contributed by atoms with Crippen molar-refractivity contribution in [3.8, 4) is 16.8 Å². The summed E-state index contributed by atoms with van der Waals surface area (Å²) in [6, 6.07) is 20.3. The lowest BCUT2D eigenvalue weighted by atomic mass is 10.1. The summed E-state index contributed by atoms with van der Waals surface area (Å²) >= 11 is 1.60. The Kier molecular flexibility index (Phi) is 5.01. The first-order valence-electron chi connectivity index (χ1n) is 9.90. The minimum atomic E-state index is 0.687. The molecule has 31 heavy (non-hydrogen) atoms. The number of benzene rings is 2. The van der Waals surface area contributed by atoms with Crippen LogP contribution >= 0.6 is 11.3 Å². The Labute approximate surface area is 183 Å². The maximum Gasteiger partial charge on any atom is 0.159 e. The molecule has 5 aromatic rings. The van der Waals surface area contributed by atoms with E-state index in [2.05, 4.69) is 43.1 Å². The first kappa shape index (κ1) is 19.1. The van der Waals surface area contributed by atoms with Gasteiger partial charge in [-0.15, -0.1) is 11.3 Å². The molecular weight excluding hydrogens is 404 g/mol. The van der Waals surface area contributed by atoms with Gasteiger partial charge in [0.1, 0.15) is 11.2 Å². The Hall–Kier alpha value is -3.84. The van der Waals surface area contributed by atoms with Crippen LogP contribution < -0.4 is 5.43 Å². The lowest BCUT2D eigenvalue weighted by Gasteiger charge is -2.05. The van der Waals surface area contributed by atoms with Gasteiger partial charge in [0.05, 0.1) is 28.7 Å². The lowest BCUT2D eigenvalue weighted by Crippen LogP contribution is -1.99. The van der Waals surface area contributed by atoms with Crippen molar-refractivity contribution in [2.24, 2.45) is 5.10 Å². The van der Waals surface area contributed by atoms with E-state index in [0.717, 1.165) is 44.0 Å². The number of hydrogen-bond acceptors (Lipinski definition) is 6. The van der Waals surface area contributed by atoms with E-state index in [-0.39, 0.29) is 0 Å². The molecule has 152 valence electrons. The number of anilines is 1. The summed E-state index contributed by atoms with van der Waals surface area (Å²) in [4.78, 5) is 9.79. The van der Waals surface area contributed by atoms with Gasteiger partial charge in [-0.25, -0.2) is 14.6 Å². The van der Waals surface area contributed by atoms with Gasteiger partial charge in [-0.05, 0) is 31.5 Å². The summed E-state index contributed by atoms with van der Waals surface area (Å²) in [7, 11) is 0. The number of nitrogens with zero attached hydrogens (tertiary/aromatic N) is 5. The number of fused-ring (bicyclic) bond motifs is 1. The van der Waals surface area contributed by atoms with E-state index in [1.807, 2.05) is 67.1 Å². The zero-order valence-corrected chi connectivity index (χ0v) is 18.0.